The first-order valence-corrected chi connectivity index (χ1v) is 7.82. The Balaban J connectivity index is 1.70. The Hall–Kier alpha value is -0.450. The highest BCUT2D eigenvalue weighted by Crippen LogP contribution is 2.36. The highest BCUT2D eigenvalue weighted by molar-refractivity contribution is 7.09. The summed E-state index contributed by atoms with van der Waals surface area (Å²) >= 11 is 1.80. The van der Waals surface area contributed by atoms with Crippen LogP contribution < -0.4 is 5.32 Å². The largest absolute Gasteiger partial charge is 0.311 e. The molecule has 1 aliphatic heterocycles. The monoisotopic (exact) mass is 265 g/mol. The molecule has 3 nitrogen and oxygen atoms in total. The second-order valence-corrected chi connectivity index (χ2v) is 7.34. The highest BCUT2D eigenvalue weighted by Gasteiger charge is 2.40. The Labute approximate surface area is 114 Å². The molecule has 0 aromatic carbocycles. The van der Waals surface area contributed by atoms with Crippen molar-refractivity contribution in [2.45, 2.75) is 51.7 Å². The van der Waals surface area contributed by atoms with Gasteiger partial charge in [0.25, 0.3) is 0 Å². The van der Waals surface area contributed by atoms with Gasteiger partial charge in [0, 0.05) is 35.7 Å². The minimum atomic E-state index is 0.241. The van der Waals surface area contributed by atoms with E-state index >= 15 is 0 Å². The van der Waals surface area contributed by atoms with Crippen LogP contribution in [0.5, 0.6) is 0 Å². The average molecular weight is 265 g/mol. The molecule has 2 fully saturated rings. The molecule has 1 aliphatic carbocycles. The molecule has 2 heterocycles. The Morgan fingerprint density at radius 1 is 1.50 bits per heavy atom. The molecule has 18 heavy (non-hydrogen) atoms. The molecular weight excluding hydrogens is 242 g/mol. The molecule has 1 aromatic heterocycles. The fourth-order valence-corrected chi connectivity index (χ4v) is 3.56. The fourth-order valence-electron chi connectivity index (χ4n) is 2.77. The lowest BCUT2D eigenvalue weighted by atomic mass is 9.96. The lowest BCUT2D eigenvalue weighted by molar-refractivity contribution is 0.0533. The van der Waals surface area contributed by atoms with Crippen molar-refractivity contribution in [3.05, 3.63) is 16.1 Å². The number of nitrogens with zero attached hydrogens (tertiary/aromatic N) is 2. The smallest absolute Gasteiger partial charge is 0.107 e. The van der Waals surface area contributed by atoms with Gasteiger partial charge in [0.05, 0.1) is 6.54 Å². The molecular formula is C14H23N3S. The summed E-state index contributed by atoms with van der Waals surface area (Å²) in [6, 6.07) is 0.707. The standard InChI is InChI=1S/C14H23N3S/c1-10-8-18-13(16-10)7-17-6-12(11-4-5-11)15-9-14(17,2)3/h8,11-12,15H,4-7,9H2,1-3H3. The van der Waals surface area contributed by atoms with Crippen LogP contribution in [-0.4, -0.2) is 34.6 Å². The van der Waals surface area contributed by atoms with Crippen LogP contribution in [-0.2, 0) is 6.54 Å². The molecule has 1 N–H and O–H groups in total. The lowest BCUT2D eigenvalue weighted by Crippen LogP contribution is -2.62. The maximum Gasteiger partial charge on any atom is 0.107 e. The van der Waals surface area contributed by atoms with E-state index in [2.05, 4.69) is 41.4 Å². The van der Waals surface area contributed by atoms with Gasteiger partial charge in [0.1, 0.15) is 5.01 Å². The molecule has 1 unspecified atom stereocenters. The second kappa shape index (κ2) is 4.58. The molecule has 0 amide bonds. The van der Waals surface area contributed by atoms with Gasteiger partial charge in [-0.2, -0.15) is 0 Å². The van der Waals surface area contributed by atoms with Crippen LogP contribution in [0, 0.1) is 12.8 Å². The SMILES string of the molecule is Cc1csc(CN2CC(C3CC3)NCC2(C)C)n1. The van der Waals surface area contributed by atoms with Crippen molar-refractivity contribution in [3.63, 3.8) is 0 Å². The molecule has 1 atom stereocenters. The van der Waals surface area contributed by atoms with Crippen molar-refractivity contribution in [2.24, 2.45) is 5.92 Å². The van der Waals surface area contributed by atoms with E-state index in [-0.39, 0.29) is 5.54 Å². The topological polar surface area (TPSA) is 28.2 Å². The first-order valence-electron chi connectivity index (χ1n) is 6.94. The van der Waals surface area contributed by atoms with E-state index in [1.165, 1.54) is 24.4 Å². The van der Waals surface area contributed by atoms with Gasteiger partial charge >= 0.3 is 0 Å². The van der Waals surface area contributed by atoms with E-state index in [0.717, 1.165) is 24.7 Å². The Morgan fingerprint density at radius 2 is 2.28 bits per heavy atom. The summed E-state index contributed by atoms with van der Waals surface area (Å²) in [5, 5.41) is 7.15. The fraction of sp³-hybridized carbons (Fsp3) is 0.786. The normalized spacial score (nSPS) is 28.5. The maximum absolute atomic E-state index is 4.61. The number of thiazole rings is 1. The molecule has 100 valence electrons. The van der Waals surface area contributed by atoms with Crippen molar-refractivity contribution < 1.29 is 0 Å². The Bertz CT molecular complexity index is 422. The average Bonchev–Trinajstić information content (AvgIpc) is 3.06. The van der Waals surface area contributed by atoms with Crippen LogP contribution in [0.2, 0.25) is 0 Å². The summed E-state index contributed by atoms with van der Waals surface area (Å²) in [6.07, 6.45) is 2.84. The first kappa shape index (κ1) is 12.6. The summed E-state index contributed by atoms with van der Waals surface area (Å²) < 4.78 is 0. The van der Waals surface area contributed by atoms with Crippen molar-refractivity contribution in [3.8, 4) is 0 Å². The summed E-state index contributed by atoms with van der Waals surface area (Å²) in [7, 11) is 0. The summed E-state index contributed by atoms with van der Waals surface area (Å²) in [4.78, 5) is 7.23. The maximum atomic E-state index is 4.61. The van der Waals surface area contributed by atoms with Crippen LogP contribution in [0.4, 0.5) is 0 Å². The zero-order valence-electron chi connectivity index (χ0n) is 11.6. The van der Waals surface area contributed by atoms with Gasteiger partial charge in [-0.1, -0.05) is 0 Å². The Morgan fingerprint density at radius 3 is 2.89 bits per heavy atom. The number of hydrogen-bond donors (Lipinski definition) is 1. The van der Waals surface area contributed by atoms with E-state index in [1.807, 2.05) is 0 Å². The number of rotatable bonds is 3. The summed E-state index contributed by atoms with van der Waals surface area (Å²) in [5.41, 5.74) is 1.40. The zero-order chi connectivity index (χ0) is 12.8. The van der Waals surface area contributed by atoms with E-state index in [4.69, 9.17) is 0 Å². The Kier molecular flexibility index (Phi) is 3.20. The number of hydrogen-bond acceptors (Lipinski definition) is 4. The van der Waals surface area contributed by atoms with Gasteiger partial charge in [-0.25, -0.2) is 4.98 Å². The number of aryl methyl sites for hydroxylation is 1. The van der Waals surface area contributed by atoms with E-state index in [1.54, 1.807) is 11.3 Å². The van der Waals surface area contributed by atoms with Gasteiger partial charge in [-0.05, 0) is 39.5 Å². The number of aromatic nitrogens is 1. The quantitative estimate of drug-likeness (QED) is 0.909. The second-order valence-electron chi connectivity index (χ2n) is 6.40. The molecule has 1 aromatic rings. The molecule has 0 radical (unpaired) electrons. The van der Waals surface area contributed by atoms with Crippen molar-refractivity contribution in [2.75, 3.05) is 13.1 Å². The van der Waals surface area contributed by atoms with Crippen molar-refractivity contribution >= 4 is 11.3 Å². The predicted molar refractivity (Wildman–Crippen MR) is 75.9 cm³/mol. The van der Waals surface area contributed by atoms with Crippen LogP contribution in [0.25, 0.3) is 0 Å². The third-order valence-electron chi connectivity index (χ3n) is 4.25. The van der Waals surface area contributed by atoms with Crippen LogP contribution in [0.3, 0.4) is 0 Å². The molecule has 0 bridgehead atoms. The van der Waals surface area contributed by atoms with Crippen LogP contribution >= 0.6 is 11.3 Å². The van der Waals surface area contributed by atoms with E-state index in [9.17, 15) is 0 Å². The summed E-state index contributed by atoms with van der Waals surface area (Å²) in [6.45, 7) is 10.0. The molecule has 3 rings (SSSR count). The molecule has 1 saturated carbocycles. The van der Waals surface area contributed by atoms with Gasteiger partial charge < -0.3 is 5.32 Å². The summed E-state index contributed by atoms with van der Waals surface area (Å²) in [5.74, 6) is 0.932. The third-order valence-corrected chi connectivity index (χ3v) is 5.21. The number of piperazine rings is 1. The van der Waals surface area contributed by atoms with Gasteiger partial charge in [-0.3, -0.25) is 4.90 Å². The van der Waals surface area contributed by atoms with Gasteiger partial charge in [0.2, 0.25) is 0 Å². The van der Waals surface area contributed by atoms with E-state index in [0.29, 0.717) is 6.04 Å². The van der Waals surface area contributed by atoms with Gasteiger partial charge in [-0.15, -0.1) is 11.3 Å². The predicted octanol–water partition coefficient (Wildman–Crippen LogP) is 2.41. The number of nitrogens with one attached hydrogen (secondary N) is 1. The minimum absolute atomic E-state index is 0.241. The molecule has 0 spiro atoms. The van der Waals surface area contributed by atoms with Crippen LogP contribution in [0.15, 0.2) is 5.38 Å². The van der Waals surface area contributed by atoms with Crippen molar-refractivity contribution in [1.82, 2.24) is 15.2 Å². The highest BCUT2D eigenvalue weighted by atomic mass is 32.1. The molecule has 4 heteroatoms. The third kappa shape index (κ3) is 2.60. The first-order chi connectivity index (χ1) is 8.54. The van der Waals surface area contributed by atoms with Gasteiger partial charge in [0.15, 0.2) is 0 Å². The van der Waals surface area contributed by atoms with E-state index < -0.39 is 0 Å². The van der Waals surface area contributed by atoms with Crippen molar-refractivity contribution in [1.29, 1.82) is 0 Å². The molecule has 1 saturated heterocycles. The lowest BCUT2D eigenvalue weighted by Gasteiger charge is -2.46. The zero-order valence-corrected chi connectivity index (χ0v) is 12.4. The van der Waals surface area contributed by atoms with Crippen LogP contribution in [0.1, 0.15) is 37.4 Å². The minimum Gasteiger partial charge on any atom is -0.311 e. The molecule has 2 aliphatic rings.